The zero-order valence-electron chi connectivity index (χ0n) is 5.28. The van der Waals surface area contributed by atoms with Gasteiger partial charge in [0, 0.05) is 49.9 Å². The molecule has 0 spiro atoms. The van der Waals surface area contributed by atoms with Gasteiger partial charge in [-0.3, -0.25) is 4.79 Å². The molecule has 1 rings (SSSR count). The van der Waals surface area contributed by atoms with Gasteiger partial charge in [0.2, 0.25) is 5.91 Å². The number of carbonyl (C=O) groups is 1. The van der Waals surface area contributed by atoms with Crippen LogP contribution in [0.3, 0.4) is 0 Å². The third-order valence-corrected chi connectivity index (χ3v) is 1.12. The fourth-order valence-corrected chi connectivity index (χ4v) is 0.629. The molecule has 0 unspecified atom stereocenters. The van der Waals surface area contributed by atoms with E-state index in [4.69, 9.17) is 5.73 Å². The van der Waals surface area contributed by atoms with E-state index < -0.39 is 0 Å². The van der Waals surface area contributed by atoms with Gasteiger partial charge in [-0.2, -0.15) is 0 Å². The first kappa shape index (κ1) is 10.0. The fraction of sp³-hybridized carbons (Fsp3) is 0.167. The van der Waals surface area contributed by atoms with E-state index >= 15 is 0 Å². The Morgan fingerprint density at radius 1 is 1.70 bits per heavy atom. The minimum atomic E-state index is -0.355. The van der Waals surface area contributed by atoms with Crippen LogP contribution < -0.4 is 11.1 Å². The maximum absolute atomic E-state index is 10.4. The molecule has 1 amide bonds. The van der Waals surface area contributed by atoms with Gasteiger partial charge in [-0.25, -0.2) is 0 Å². The molecule has 0 radical (unpaired) electrons. The summed E-state index contributed by atoms with van der Waals surface area (Å²) in [6, 6.07) is 0. The number of rotatable bonds is 1. The van der Waals surface area contributed by atoms with Crippen LogP contribution in [0.2, 0.25) is 0 Å². The first-order valence-electron chi connectivity index (χ1n) is 2.69. The van der Waals surface area contributed by atoms with Crippen molar-refractivity contribution in [2.75, 3.05) is 6.54 Å². The van der Waals surface area contributed by atoms with Crippen LogP contribution in [-0.4, -0.2) is 12.5 Å². The average Bonchev–Trinajstić information content (AvgIpc) is 1.90. The van der Waals surface area contributed by atoms with E-state index in [0.717, 1.165) is 0 Å². The standard InChI is InChI=1S/C6H8N2O.Ar/c7-6(9)5-2-1-3-8-4-5;/h1-3,8H,4H2,(H2,7,9);. The largest absolute Gasteiger partial charge is 0.387 e. The normalized spacial score (nSPS) is 14.6. The number of hydrogen-bond acceptors (Lipinski definition) is 2. The van der Waals surface area contributed by atoms with Crippen molar-refractivity contribution < 1.29 is 42.5 Å². The first-order chi connectivity index (χ1) is 4.30. The summed E-state index contributed by atoms with van der Waals surface area (Å²) >= 11 is 0. The summed E-state index contributed by atoms with van der Waals surface area (Å²) < 4.78 is 0. The third-order valence-electron chi connectivity index (χ3n) is 1.12. The second-order valence-corrected chi connectivity index (χ2v) is 1.80. The van der Waals surface area contributed by atoms with Crippen molar-refractivity contribution >= 4 is 5.91 Å². The molecule has 0 fully saturated rings. The summed E-state index contributed by atoms with van der Waals surface area (Å²) in [5, 5.41) is 2.87. The van der Waals surface area contributed by atoms with Crippen molar-refractivity contribution in [3.63, 3.8) is 0 Å². The topological polar surface area (TPSA) is 55.1 Å². The van der Waals surface area contributed by atoms with Gasteiger partial charge >= 0.3 is 0 Å². The van der Waals surface area contributed by atoms with Gasteiger partial charge in [0.05, 0.1) is 0 Å². The third kappa shape index (κ3) is 2.73. The molecular weight excluding hydrogens is 156 g/mol. The number of allylic oxidation sites excluding steroid dienone is 2. The minimum absolute atomic E-state index is 0. The minimum Gasteiger partial charge on any atom is -0.387 e. The molecule has 56 valence electrons. The predicted octanol–water partition coefficient (Wildman–Crippen LogP) is -0.485. The maximum atomic E-state index is 10.4. The molecule has 0 atom stereocenters. The molecule has 0 aromatic heterocycles. The van der Waals surface area contributed by atoms with Crippen LogP contribution in [0.5, 0.6) is 0 Å². The molecule has 0 aromatic rings. The van der Waals surface area contributed by atoms with E-state index in [1.165, 1.54) is 0 Å². The number of nitrogens with two attached hydrogens (primary N) is 1. The smallest absolute Gasteiger partial charge is 0.246 e. The molecule has 1 aliphatic rings. The first-order valence-corrected chi connectivity index (χ1v) is 2.69. The maximum Gasteiger partial charge on any atom is 0.246 e. The van der Waals surface area contributed by atoms with Gasteiger partial charge in [-0.05, 0) is 12.3 Å². The van der Waals surface area contributed by atoms with E-state index in [-0.39, 0.29) is 43.6 Å². The Hall–Kier alpha value is 0.00974. The van der Waals surface area contributed by atoms with Crippen LogP contribution in [0.15, 0.2) is 23.9 Å². The Kier molecular flexibility index (Phi) is 4.77. The van der Waals surface area contributed by atoms with Crippen LogP contribution in [0.1, 0.15) is 0 Å². The molecular formula is C6H8ArN2O. The molecule has 10 heavy (non-hydrogen) atoms. The van der Waals surface area contributed by atoms with Crippen molar-refractivity contribution in [3.05, 3.63) is 23.9 Å². The van der Waals surface area contributed by atoms with Gasteiger partial charge in [0.1, 0.15) is 0 Å². The summed E-state index contributed by atoms with van der Waals surface area (Å²) in [6.07, 6.45) is 5.23. The van der Waals surface area contributed by atoms with Gasteiger partial charge in [0.15, 0.2) is 0 Å². The Balaban J connectivity index is 0.000000810. The second-order valence-electron chi connectivity index (χ2n) is 1.80. The van der Waals surface area contributed by atoms with Crippen LogP contribution in [0, 0.1) is 37.7 Å². The molecule has 0 aliphatic carbocycles. The summed E-state index contributed by atoms with van der Waals surface area (Å²) in [6.45, 7) is 0.547. The average molecular weight is 164 g/mol. The number of dihydropyridines is 1. The van der Waals surface area contributed by atoms with Crippen LogP contribution in [-0.2, 0) is 4.79 Å². The second kappa shape index (κ2) is 4.77. The zero-order valence-corrected chi connectivity index (χ0v) is 5.99. The summed E-state index contributed by atoms with van der Waals surface area (Å²) in [5.41, 5.74) is 5.61. The predicted molar refractivity (Wildman–Crippen MR) is 34.4 cm³/mol. The van der Waals surface area contributed by atoms with E-state index in [9.17, 15) is 4.79 Å². The summed E-state index contributed by atoms with van der Waals surface area (Å²) in [7, 11) is 0. The van der Waals surface area contributed by atoms with Gasteiger partial charge in [-0.1, -0.05) is 6.08 Å². The van der Waals surface area contributed by atoms with Crippen LogP contribution in [0.25, 0.3) is 0 Å². The number of hydrogen-bond donors (Lipinski definition) is 2. The Bertz CT molecular complexity index is 186. The van der Waals surface area contributed by atoms with Gasteiger partial charge < -0.3 is 11.1 Å². The fourth-order valence-electron chi connectivity index (χ4n) is 0.629. The number of nitrogens with one attached hydrogen (secondary N) is 1. The van der Waals surface area contributed by atoms with Crippen molar-refractivity contribution in [2.24, 2.45) is 5.73 Å². The van der Waals surface area contributed by atoms with Crippen LogP contribution in [0.4, 0.5) is 0 Å². The van der Waals surface area contributed by atoms with Gasteiger partial charge in [0.25, 0.3) is 0 Å². The van der Waals surface area contributed by atoms with Crippen molar-refractivity contribution in [3.8, 4) is 0 Å². The number of primary amides is 1. The molecule has 3 nitrogen and oxygen atoms in total. The SMILES string of the molecule is NC(=O)C1=CC=CNC1.[Ar]. The number of carbonyl (C=O) groups excluding carboxylic acids is 1. The molecule has 1 aliphatic heterocycles. The van der Waals surface area contributed by atoms with E-state index in [1.807, 2.05) is 0 Å². The van der Waals surface area contributed by atoms with E-state index in [0.29, 0.717) is 12.1 Å². The molecule has 0 bridgehead atoms. The number of amides is 1. The molecule has 1 heterocycles. The van der Waals surface area contributed by atoms with Crippen molar-refractivity contribution in [1.82, 2.24) is 5.32 Å². The monoisotopic (exact) mass is 164 g/mol. The molecule has 3 N–H and O–H groups in total. The Morgan fingerprint density at radius 2 is 2.40 bits per heavy atom. The molecule has 4 heteroatoms. The molecule has 0 saturated heterocycles. The van der Waals surface area contributed by atoms with Gasteiger partial charge in [-0.15, -0.1) is 0 Å². The van der Waals surface area contributed by atoms with E-state index in [1.54, 1.807) is 18.4 Å². The Morgan fingerprint density at radius 3 is 2.70 bits per heavy atom. The quantitative estimate of drug-likeness (QED) is 0.549. The molecule has 0 saturated carbocycles. The van der Waals surface area contributed by atoms with Crippen molar-refractivity contribution in [1.29, 1.82) is 0 Å². The van der Waals surface area contributed by atoms with E-state index in [2.05, 4.69) is 5.32 Å². The summed E-state index contributed by atoms with van der Waals surface area (Å²) in [4.78, 5) is 10.4. The molecule has 0 aromatic carbocycles. The summed E-state index contributed by atoms with van der Waals surface area (Å²) in [5.74, 6) is -0.355. The Labute approximate surface area is 89.3 Å². The van der Waals surface area contributed by atoms with Crippen LogP contribution >= 0.6 is 0 Å². The van der Waals surface area contributed by atoms with Crippen molar-refractivity contribution in [2.45, 2.75) is 0 Å². The zero-order chi connectivity index (χ0) is 6.69.